The number of aryl methyl sites for hydroxylation is 2. The molecule has 1 aliphatic rings. The number of nitrogens with zero attached hydrogens (tertiary/aromatic N) is 1. The molecular formula is C16H24N2O2. The third kappa shape index (κ3) is 3.97. The Bertz CT molecular complexity index is 474. The maximum absolute atomic E-state index is 12.1. The van der Waals surface area contributed by atoms with Gasteiger partial charge in [0, 0.05) is 19.1 Å². The molecule has 1 saturated heterocycles. The first kappa shape index (κ1) is 14.9. The number of piperidine rings is 1. The van der Waals surface area contributed by atoms with Crippen LogP contribution >= 0.6 is 0 Å². The van der Waals surface area contributed by atoms with E-state index in [-0.39, 0.29) is 11.9 Å². The lowest BCUT2D eigenvalue weighted by atomic mass is 10.1. The monoisotopic (exact) mass is 276 g/mol. The Hall–Kier alpha value is -1.55. The molecule has 20 heavy (non-hydrogen) atoms. The highest BCUT2D eigenvalue weighted by Gasteiger charge is 2.20. The van der Waals surface area contributed by atoms with Crippen molar-refractivity contribution in [3.8, 4) is 5.75 Å². The minimum absolute atomic E-state index is 0.132. The molecule has 1 aromatic carbocycles. The van der Waals surface area contributed by atoms with Crippen LogP contribution in [0.25, 0.3) is 0 Å². The van der Waals surface area contributed by atoms with Gasteiger partial charge in [-0.1, -0.05) is 17.7 Å². The van der Waals surface area contributed by atoms with Crippen molar-refractivity contribution in [3.63, 3.8) is 0 Å². The molecule has 1 fully saturated rings. The molecule has 4 heteroatoms. The molecule has 4 nitrogen and oxygen atoms in total. The lowest BCUT2D eigenvalue weighted by Crippen LogP contribution is -2.46. The number of carbonyl (C=O) groups excluding carboxylic acids is 1. The first-order valence-corrected chi connectivity index (χ1v) is 7.29. The van der Waals surface area contributed by atoms with E-state index < -0.39 is 0 Å². The molecule has 1 aromatic rings. The van der Waals surface area contributed by atoms with Gasteiger partial charge in [0.2, 0.25) is 5.91 Å². The van der Waals surface area contributed by atoms with E-state index in [4.69, 9.17) is 10.5 Å². The molecule has 1 amide bonds. The van der Waals surface area contributed by atoms with Gasteiger partial charge in [-0.05, 0) is 38.3 Å². The van der Waals surface area contributed by atoms with Gasteiger partial charge in [0.05, 0.1) is 13.0 Å². The van der Waals surface area contributed by atoms with Crippen LogP contribution in [-0.4, -0.2) is 36.5 Å². The van der Waals surface area contributed by atoms with Gasteiger partial charge >= 0.3 is 0 Å². The average molecular weight is 276 g/mol. The first-order chi connectivity index (χ1) is 9.56. The number of hydrogen-bond acceptors (Lipinski definition) is 3. The molecule has 2 N–H and O–H groups in total. The fourth-order valence-corrected chi connectivity index (χ4v) is 2.60. The van der Waals surface area contributed by atoms with Crippen molar-refractivity contribution >= 4 is 5.91 Å². The van der Waals surface area contributed by atoms with Crippen LogP contribution in [0, 0.1) is 13.8 Å². The summed E-state index contributed by atoms with van der Waals surface area (Å²) in [6.45, 7) is 6.01. The largest absolute Gasteiger partial charge is 0.493 e. The highest BCUT2D eigenvalue weighted by molar-refractivity contribution is 5.76. The van der Waals surface area contributed by atoms with E-state index in [1.807, 2.05) is 24.0 Å². The maximum atomic E-state index is 12.1. The summed E-state index contributed by atoms with van der Waals surface area (Å²) in [7, 11) is 0. The second-order valence-electron chi connectivity index (χ2n) is 5.61. The third-order valence-electron chi connectivity index (χ3n) is 3.71. The Morgan fingerprint density at radius 1 is 1.45 bits per heavy atom. The van der Waals surface area contributed by atoms with Crippen molar-refractivity contribution in [2.75, 3.05) is 19.7 Å². The number of carbonyl (C=O) groups is 1. The second-order valence-corrected chi connectivity index (χ2v) is 5.61. The lowest BCUT2D eigenvalue weighted by Gasteiger charge is -2.30. The molecule has 0 spiro atoms. The summed E-state index contributed by atoms with van der Waals surface area (Å²) >= 11 is 0. The van der Waals surface area contributed by atoms with Crippen LogP contribution in [-0.2, 0) is 4.79 Å². The summed E-state index contributed by atoms with van der Waals surface area (Å²) in [6, 6.07) is 6.20. The van der Waals surface area contributed by atoms with Crippen LogP contribution in [0.3, 0.4) is 0 Å². The van der Waals surface area contributed by atoms with Crippen molar-refractivity contribution < 1.29 is 9.53 Å². The zero-order valence-electron chi connectivity index (χ0n) is 12.4. The zero-order valence-corrected chi connectivity index (χ0v) is 12.4. The van der Waals surface area contributed by atoms with E-state index in [9.17, 15) is 4.79 Å². The minimum Gasteiger partial charge on any atom is -0.493 e. The summed E-state index contributed by atoms with van der Waals surface area (Å²) < 4.78 is 5.70. The molecule has 0 aliphatic carbocycles. The SMILES string of the molecule is Cc1ccc(OCCC(=O)N2CCC[C@H](N)C2)c(C)c1. The Morgan fingerprint density at radius 3 is 2.95 bits per heavy atom. The van der Waals surface area contributed by atoms with Gasteiger partial charge < -0.3 is 15.4 Å². The molecule has 110 valence electrons. The normalized spacial score (nSPS) is 18.9. The predicted octanol–water partition coefficient (Wildman–Crippen LogP) is 2.02. The van der Waals surface area contributed by atoms with Crippen molar-refractivity contribution in [1.29, 1.82) is 0 Å². The number of nitrogens with two attached hydrogens (primary N) is 1. The summed E-state index contributed by atoms with van der Waals surface area (Å²) in [6.07, 6.45) is 2.44. The van der Waals surface area contributed by atoms with Gasteiger partial charge in [0.25, 0.3) is 0 Å². The highest BCUT2D eigenvalue weighted by Crippen LogP contribution is 2.19. The molecule has 2 rings (SSSR count). The minimum atomic E-state index is 0.132. The maximum Gasteiger partial charge on any atom is 0.226 e. The molecule has 1 aliphatic heterocycles. The Morgan fingerprint density at radius 2 is 2.25 bits per heavy atom. The number of ether oxygens (including phenoxy) is 1. The van der Waals surface area contributed by atoms with E-state index in [1.165, 1.54) is 5.56 Å². The van der Waals surface area contributed by atoms with Gasteiger partial charge in [-0.3, -0.25) is 4.79 Å². The van der Waals surface area contributed by atoms with Crippen LogP contribution < -0.4 is 10.5 Å². The van der Waals surface area contributed by atoms with E-state index in [1.54, 1.807) is 0 Å². The van der Waals surface area contributed by atoms with Gasteiger partial charge in [-0.2, -0.15) is 0 Å². The van der Waals surface area contributed by atoms with E-state index in [0.29, 0.717) is 19.6 Å². The van der Waals surface area contributed by atoms with Crippen LogP contribution in [0.5, 0.6) is 5.75 Å². The quantitative estimate of drug-likeness (QED) is 0.915. The van der Waals surface area contributed by atoms with Gasteiger partial charge in [0.1, 0.15) is 5.75 Å². The van der Waals surface area contributed by atoms with Gasteiger partial charge in [-0.15, -0.1) is 0 Å². The molecule has 0 saturated carbocycles. The lowest BCUT2D eigenvalue weighted by molar-refractivity contribution is -0.132. The van der Waals surface area contributed by atoms with Crippen LogP contribution in [0.4, 0.5) is 0 Å². The first-order valence-electron chi connectivity index (χ1n) is 7.29. The Balaban J connectivity index is 1.79. The van der Waals surface area contributed by atoms with E-state index in [2.05, 4.69) is 13.0 Å². The standard InChI is InChI=1S/C16H24N2O2/c1-12-5-6-15(13(2)10-12)20-9-7-16(19)18-8-3-4-14(17)11-18/h5-6,10,14H,3-4,7-9,11,17H2,1-2H3/t14-/m0/s1. The predicted molar refractivity (Wildman–Crippen MR) is 79.8 cm³/mol. The van der Waals surface area contributed by atoms with Crippen molar-refractivity contribution in [2.45, 2.75) is 39.2 Å². The van der Waals surface area contributed by atoms with Crippen LogP contribution in [0.15, 0.2) is 18.2 Å². The number of likely N-dealkylation sites (tertiary alicyclic amines) is 1. The topological polar surface area (TPSA) is 55.6 Å². The third-order valence-corrected chi connectivity index (χ3v) is 3.71. The molecule has 0 bridgehead atoms. The van der Waals surface area contributed by atoms with Gasteiger partial charge in [0.15, 0.2) is 0 Å². The highest BCUT2D eigenvalue weighted by atomic mass is 16.5. The number of hydrogen-bond donors (Lipinski definition) is 1. The Kier molecular flexibility index (Phi) is 5.01. The van der Waals surface area contributed by atoms with Crippen molar-refractivity contribution in [3.05, 3.63) is 29.3 Å². The summed E-state index contributed by atoms with van der Waals surface area (Å²) in [5, 5.41) is 0. The van der Waals surface area contributed by atoms with Gasteiger partial charge in [-0.25, -0.2) is 0 Å². The van der Waals surface area contributed by atoms with E-state index >= 15 is 0 Å². The summed E-state index contributed by atoms with van der Waals surface area (Å²) in [4.78, 5) is 13.9. The van der Waals surface area contributed by atoms with E-state index in [0.717, 1.165) is 30.7 Å². The molecule has 0 aromatic heterocycles. The number of amides is 1. The summed E-state index contributed by atoms with van der Waals surface area (Å²) in [5.41, 5.74) is 8.22. The molecule has 1 heterocycles. The Labute approximate surface area is 120 Å². The fraction of sp³-hybridized carbons (Fsp3) is 0.562. The smallest absolute Gasteiger partial charge is 0.226 e. The number of rotatable bonds is 4. The fourth-order valence-electron chi connectivity index (χ4n) is 2.60. The van der Waals surface area contributed by atoms with Crippen molar-refractivity contribution in [1.82, 2.24) is 4.90 Å². The van der Waals surface area contributed by atoms with Crippen LogP contribution in [0.2, 0.25) is 0 Å². The molecule has 1 atom stereocenters. The van der Waals surface area contributed by atoms with Crippen LogP contribution in [0.1, 0.15) is 30.4 Å². The summed E-state index contributed by atoms with van der Waals surface area (Å²) in [5.74, 6) is 1.00. The average Bonchev–Trinajstić information content (AvgIpc) is 2.41. The molecule has 0 radical (unpaired) electrons. The zero-order chi connectivity index (χ0) is 14.5. The number of benzene rings is 1. The molecule has 0 unspecified atom stereocenters. The second kappa shape index (κ2) is 6.75. The molecular weight excluding hydrogens is 252 g/mol. The van der Waals surface area contributed by atoms with Crippen molar-refractivity contribution in [2.24, 2.45) is 5.73 Å².